The normalized spacial score (nSPS) is 23.1. The maximum absolute atomic E-state index is 12.0. The van der Waals surface area contributed by atoms with Gasteiger partial charge in [0.1, 0.15) is 6.54 Å². The Labute approximate surface area is 115 Å². The highest BCUT2D eigenvalue weighted by molar-refractivity contribution is 5.74. The molecule has 1 N–H and O–H groups in total. The van der Waals surface area contributed by atoms with E-state index in [1.807, 2.05) is 6.92 Å². The van der Waals surface area contributed by atoms with E-state index in [1.165, 1.54) is 22.4 Å². The first-order valence-electron chi connectivity index (χ1n) is 7.27. The molecule has 1 aliphatic heterocycles. The summed E-state index contributed by atoms with van der Waals surface area (Å²) in [7, 11) is 0. The van der Waals surface area contributed by atoms with Crippen molar-refractivity contribution in [3.05, 3.63) is 35.4 Å². The number of carbonyl (C=O) groups is 1. The van der Waals surface area contributed by atoms with Crippen LogP contribution in [0.1, 0.15) is 37.3 Å². The van der Waals surface area contributed by atoms with E-state index >= 15 is 0 Å². The zero-order chi connectivity index (χ0) is 13.7. The number of piperidine rings is 1. The van der Waals surface area contributed by atoms with Gasteiger partial charge in [-0.1, -0.05) is 29.8 Å². The maximum atomic E-state index is 12.0. The van der Waals surface area contributed by atoms with Crippen LogP contribution in [0.5, 0.6) is 0 Å². The number of benzene rings is 1. The third-order valence-electron chi connectivity index (χ3n) is 3.86. The monoisotopic (exact) mass is 262 g/mol. The van der Waals surface area contributed by atoms with Crippen LogP contribution in [0.3, 0.4) is 0 Å². The lowest BCUT2D eigenvalue weighted by Crippen LogP contribution is -3.16. The molecule has 1 fully saturated rings. The van der Waals surface area contributed by atoms with Gasteiger partial charge in [0.15, 0.2) is 6.04 Å². The number of nitrogens with one attached hydrogen (secondary N) is 1. The Kier molecular flexibility index (Phi) is 4.97. The summed E-state index contributed by atoms with van der Waals surface area (Å²) in [5, 5.41) is 0. The summed E-state index contributed by atoms with van der Waals surface area (Å²) in [6.45, 7) is 6.44. The van der Waals surface area contributed by atoms with Crippen LogP contribution in [0.4, 0.5) is 0 Å². The van der Waals surface area contributed by atoms with Crippen molar-refractivity contribution >= 4 is 5.97 Å². The van der Waals surface area contributed by atoms with E-state index in [0.717, 1.165) is 25.9 Å². The molecular weight excluding hydrogens is 238 g/mol. The minimum Gasteiger partial charge on any atom is -0.462 e. The minimum atomic E-state index is -0.0238. The molecule has 0 amide bonds. The highest BCUT2D eigenvalue weighted by atomic mass is 16.5. The topological polar surface area (TPSA) is 30.7 Å². The molecule has 1 aromatic rings. The van der Waals surface area contributed by atoms with Crippen LogP contribution in [0.25, 0.3) is 0 Å². The smallest absolute Gasteiger partial charge is 0.364 e. The third kappa shape index (κ3) is 3.80. The quantitative estimate of drug-likeness (QED) is 0.834. The first-order valence-corrected chi connectivity index (χ1v) is 7.27. The summed E-state index contributed by atoms with van der Waals surface area (Å²) in [6.07, 6.45) is 3.30. The molecular formula is C16H24NO2+. The van der Waals surface area contributed by atoms with Crippen molar-refractivity contribution in [1.82, 2.24) is 0 Å². The largest absolute Gasteiger partial charge is 0.462 e. The van der Waals surface area contributed by atoms with Gasteiger partial charge in [0.25, 0.3) is 0 Å². The predicted octanol–water partition coefficient (Wildman–Crippen LogP) is 1.50. The number of hydrogen-bond donors (Lipinski definition) is 1. The number of ether oxygens (including phenoxy) is 1. The van der Waals surface area contributed by atoms with Crippen LogP contribution in [-0.2, 0) is 16.1 Å². The number of aryl methyl sites for hydroxylation is 1. The summed E-state index contributed by atoms with van der Waals surface area (Å²) < 4.78 is 5.21. The standard InChI is InChI=1S/C16H23NO2/c1-3-19-16(18)15-6-4-5-11-17(15)12-14-9-7-13(2)8-10-14/h7-10,15H,3-6,11-12H2,1-2H3/p+1/t15-/m0/s1. The van der Waals surface area contributed by atoms with Gasteiger partial charge in [-0.3, -0.25) is 0 Å². The summed E-state index contributed by atoms with van der Waals surface area (Å²) in [5.74, 6) is -0.0238. The van der Waals surface area contributed by atoms with Gasteiger partial charge in [0.05, 0.1) is 13.2 Å². The highest BCUT2D eigenvalue weighted by Gasteiger charge is 2.33. The highest BCUT2D eigenvalue weighted by Crippen LogP contribution is 2.07. The van der Waals surface area contributed by atoms with Gasteiger partial charge in [0.2, 0.25) is 0 Å². The van der Waals surface area contributed by atoms with Crippen molar-refractivity contribution in [2.75, 3.05) is 13.2 Å². The molecule has 1 aliphatic rings. The van der Waals surface area contributed by atoms with E-state index < -0.39 is 0 Å². The van der Waals surface area contributed by atoms with Crippen molar-refractivity contribution in [3.63, 3.8) is 0 Å². The Hall–Kier alpha value is -1.35. The fraction of sp³-hybridized carbons (Fsp3) is 0.562. The molecule has 2 atom stereocenters. The fourth-order valence-corrected chi connectivity index (χ4v) is 2.79. The summed E-state index contributed by atoms with van der Waals surface area (Å²) in [6, 6.07) is 8.63. The average molecular weight is 262 g/mol. The van der Waals surface area contributed by atoms with Crippen LogP contribution in [0.15, 0.2) is 24.3 Å². The predicted molar refractivity (Wildman–Crippen MR) is 75.0 cm³/mol. The molecule has 19 heavy (non-hydrogen) atoms. The van der Waals surface area contributed by atoms with Crippen LogP contribution in [0.2, 0.25) is 0 Å². The number of rotatable bonds is 4. The summed E-state index contributed by atoms with van der Waals surface area (Å²) >= 11 is 0. The van der Waals surface area contributed by atoms with Gasteiger partial charge in [-0.15, -0.1) is 0 Å². The Morgan fingerprint density at radius 3 is 2.74 bits per heavy atom. The van der Waals surface area contributed by atoms with Crippen molar-refractivity contribution < 1.29 is 14.4 Å². The fourth-order valence-electron chi connectivity index (χ4n) is 2.79. The molecule has 0 radical (unpaired) electrons. The molecule has 3 heteroatoms. The van der Waals surface area contributed by atoms with E-state index in [1.54, 1.807) is 0 Å². The van der Waals surface area contributed by atoms with Crippen molar-refractivity contribution in [2.45, 2.75) is 45.7 Å². The van der Waals surface area contributed by atoms with Crippen LogP contribution in [-0.4, -0.2) is 25.2 Å². The zero-order valence-corrected chi connectivity index (χ0v) is 11.9. The molecule has 0 aromatic heterocycles. The lowest BCUT2D eigenvalue weighted by molar-refractivity contribution is -0.935. The lowest BCUT2D eigenvalue weighted by atomic mass is 10.0. The Morgan fingerprint density at radius 1 is 1.32 bits per heavy atom. The second-order valence-electron chi connectivity index (χ2n) is 5.37. The average Bonchev–Trinajstić information content (AvgIpc) is 2.42. The van der Waals surface area contributed by atoms with Crippen molar-refractivity contribution in [2.24, 2.45) is 0 Å². The van der Waals surface area contributed by atoms with Gasteiger partial charge in [-0.2, -0.15) is 0 Å². The molecule has 1 heterocycles. The SMILES string of the molecule is CCOC(=O)[C@@H]1CCCC[NH+]1Cc1ccc(C)cc1. The number of carbonyl (C=O) groups excluding carboxylic acids is 1. The first kappa shape index (κ1) is 14.1. The Morgan fingerprint density at radius 2 is 2.05 bits per heavy atom. The number of hydrogen-bond acceptors (Lipinski definition) is 2. The van der Waals surface area contributed by atoms with E-state index in [0.29, 0.717) is 6.61 Å². The van der Waals surface area contributed by atoms with E-state index in [-0.39, 0.29) is 12.0 Å². The molecule has 3 nitrogen and oxygen atoms in total. The van der Waals surface area contributed by atoms with Crippen LogP contribution >= 0.6 is 0 Å². The van der Waals surface area contributed by atoms with E-state index in [9.17, 15) is 4.79 Å². The number of likely N-dealkylation sites (tertiary alicyclic amines) is 1. The Bertz CT molecular complexity index is 413. The van der Waals surface area contributed by atoms with E-state index in [2.05, 4.69) is 31.2 Å². The van der Waals surface area contributed by atoms with E-state index in [4.69, 9.17) is 4.74 Å². The first-order chi connectivity index (χ1) is 9.20. The third-order valence-corrected chi connectivity index (χ3v) is 3.86. The second-order valence-corrected chi connectivity index (χ2v) is 5.37. The molecule has 1 saturated heterocycles. The van der Waals surface area contributed by atoms with Crippen molar-refractivity contribution in [3.8, 4) is 0 Å². The van der Waals surface area contributed by atoms with Gasteiger partial charge in [0, 0.05) is 12.0 Å². The Balaban J connectivity index is 2.03. The van der Waals surface area contributed by atoms with Crippen molar-refractivity contribution in [1.29, 1.82) is 0 Å². The molecule has 0 aliphatic carbocycles. The zero-order valence-electron chi connectivity index (χ0n) is 11.9. The molecule has 1 aromatic carbocycles. The summed E-state index contributed by atoms with van der Waals surface area (Å²) in [4.78, 5) is 13.4. The van der Waals surface area contributed by atoms with Gasteiger partial charge in [-0.25, -0.2) is 4.79 Å². The molecule has 0 saturated carbocycles. The molecule has 0 spiro atoms. The van der Waals surface area contributed by atoms with Crippen LogP contribution in [0, 0.1) is 6.92 Å². The van der Waals surface area contributed by atoms with Gasteiger partial charge in [-0.05, 0) is 26.7 Å². The molecule has 0 bridgehead atoms. The maximum Gasteiger partial charge on any atom is 0.364 e. The minimum absolute atomic E-state index is 0.0232. The molecule has 2 rings (SSSR count). The lowest BCUT2D eigenvalue weighted by Gasteiger charge is -2.30. The number of esters is 1. The second kappa shape index (κ2) is 6.71. The number of quaternary nitrogens is 1. The van der Waals surface area contributed by atoms with Crippen LogP contribution < -0.4 is 4.90 Å². The van der Waals surface area contributed by atoms with Gasteiger partial charge < -0.3 is 9.64 Å². The molecule has 104 valence electrons. The molecule has 1 unspecified atom stereocenters. The summed E-state index contributed by atoms with van der Waals surface area (Å²) in [5.41, 5.74) is 2.58. The van der Waals surface area contributed by atoms with Gasteiger partial charge >= 0.3 is 5.97 Å².